The molecule has 0 saturated carbocycles. The van der Waals surface area contributed by atoms with Crippen molar-refractivity contribution in [3.8, 4) is 0 Å². The molecule has 0 fully saturated rings. The normalized spacial score (nSPS) is 10.2. The average molecular weight is 248 g/mol. The minimum absolute atomic E-state index is 0.130. The zero-order valence-electron chi connectivity index (χ0n) is 9.30. The molecule has 88 valence electrons. The number of nitrogens with one attached hydrogen (secondary N) is 1. The van der Waals surface area contributed by atoms with E-state index >= 15 is 0 Å². The van der Waals surface area contributed by atoms with Gasteiger partial charge in [-0.15, -0.1) is 11.3 Å². The lowest BCUT2D eigenvalue weighted by molar-refractivity contribution is 0.0690. The molecule has 1 heterocycles. The predicted molar refractivity (Wildman–Crippen MR) is 67.6 cm³/mol. The van der Waals surface area contributed by atoms with Crippen LogP contribution in [0.4, 0.5) is 5.13 Å². The van der Waals surface area contributed by atoms with Gasteiger partial charge in [-0.05, 0) is 12.5 Å². The molecule has 0 aliphatic carbocycles. The maximum Gasteiger partial charge on any atom is 0.355 e. The van der Waals surface area contributed by atoms with Gasteiger partial charge < -0.3 is 10.4 Å². The highest BCUT2D eigenvalue weighted by molar-refractivity contribution is 7.15. The Hall–Kier alpha value is -1.88. The fourth-order valence-corrected chi connectivity index (χ4v) is 2.24. The highest BCUT2D eigenvalue weighted by atomic mass is 32.1. The molecule has 0 amide bonds. The Bertz CT molecular complexity index is 523. The van der Waals surface area contributed by atoms with E-state index in [-0.39, 0.29) is 5.69 Å². The van der Waals surface area contributed by atoms with E-state index in [0.717, 1.165) is 5.56 Å². The van der Waals surface area contributed by atoms with E-state index in [4.69, 9.17) is 5.11 Å². The maximum absolute atomic E-state index is 10.8. The largest absolute Gasteiger partial charge is 0.476 e. The minimum Gasteiger partial charge on any atom is -0.476 e. The van der Waals surface area contributed by atoms with E-state index in [1.807, 2.05) is 30.3 Å². The van der Waals surface area contributed by atoms with Crippen LogP contribution in [-0.2, 0) is 6.54 Å². The van der Waals surface area contributed by atoms with E-state index < -0.39 is 5.97 Å². The molecular formula is C12H12N2O2S. The van der Waals surface area contributed by atoms with Crippen molar-refractivity contribution in [1.82, 2.24) is 4.98 Å². The number of carboxylic acids is 1. The summed E-state index contributed by atoms with van der Waals surface area (Å²) < 4.78 is 0. The van der Waals surface area contributed by atoms with Gasteiger partial charge in [-0.2, -0.15) is 0 Å². The number of thiazole rings is 1. The second kappa shape index (κ2) is 4.97. The van der Waals surface area contributed by atoms with Gasteiger partial charge in [-0.25, -0.2) is 9.78 Å². The molecule has 0 bridgehead atoms. The number of hydrogen-bond donors (Lipinski definition) is 2. The molecule has 4 nitrogen and oxygen atoms in total. The first-order valence-electron chi connectivity index (χ1n) is 5.15. The second-order valence-corrected chi connectivity index (χ2v) is 4.77. The molecule has 2 aromatic rings. The van der Waals surface area contributed by atoms with E-state index in [0.29, 0.717) is 16.6 Å². The van der Waals surface area contributed by atoms with Gasteiger partial charge in [-0.3, -0.25) is 0 Å². The Kier molecular flexibility index (Phi) is 3.39. The third kappa shape index (κ3) is 2.82. The van der Waals surface area contributed by atoms with Crippen molar-refractivity contribution in [2.75, 3.05) is 5.32 Å². The molecule has 0 radical (unpaired) electrons. The Balaban J connectivity index is 2.05. The standard InChI is InChI=1S/C12H12N2O2S/c1-8-10(11(15)16)14-12(17-8)13-7-9-5-3-2-4-6-9/h2-6H,7H2,1H3,(H,13,14)(H,15,16). The van der Waals surface area contributed by atoms with Crippen LogP contribution in [0.1, 0.15) is 20.9 Å². The summed E-state index contributed by atoms with van der Waals surface area (Å²) in [5.41, 5.74) is 1.27. The lowest BCUT2D eigenvalue weighted by Crippen LogP contribution is -2.01. The molecule has 0 aliphatic heterocycles. The Morgan fingerprint density at radius 3 is 2.71 bits per heavy atom. The number of aryl methyl sites for hydroxylation is 1. The summed E-state index contributed by atoms with van der Waals surface area (Å²) in [7, 11) is 0. The molecule has 0 atom stereocenters. The molecule has 0 spiro atoms. The van der Waals surface area contributed by atoms with Crippen LogP contribution < -0.4 is 5.32 Å². The average Bonchev–Trinajstić information content (AvgIpc) is 2.69. The smallest absolute Gasteiger partial charge is 0.355 e. The monoisotopic (exact) mass is 248 g/mol. The highest BCUT2D eigenvalue weighted by Crippen LogP contribution is 2.22. The molecule has 1 aromatic carbocycles. The molecule has 2 N–H and O–H groups in total. The van der Waals surface area contributed by atoms with Crippen LogP contribution in [0.5, 0.6) is 0 Å². The number of rotatable bonds is 4. The van der Waals surface area contributed by atoms with Crippen molar-refractivity contribution in [3.05, 3.63) is 46.5 Å². The molecular weight excluding hydrogens is 236 g/mol. The molecule has 0 aliphatic rings. The summed E-state index contributed by atoms with van der Waals surface area (Å²) in [6.45, 7) is 2.40. The van der Waals surface area contributed by atoms with Gasteiger partial charge in [0.05, 0.1) is 0 Å². The lowest BCUT2D eigenvalue weighted by atomic mass is 10.2. The van der Waals surface area contributed by atoms with Crippen LogP contribution >= 0.6 is 11.3 Å². The number of aromatic carboxylic acids is 1. The van der Waals surface area contributed by atoms with Gasteiger partial charge in [0.25, 0.3) is 0 Å². The SMILES string of the molecule is Cc1sc(NCc2ccccc2)nc1C(=O)O. The first-order valence-corrected chi connectivity index (χ1v) is 5.97. The summed E-state index contributed by atoms with van der Waals surface area (Å²) in [6.07, 6.45) is 0. The van der Waals surface area contributed by atoms with Crippen LogP contribution in [0.3, 0.4) is 0 Å². The third-order valence-corrected chi connectivity index (χ3v) is 3.21. The number of nitrogens with zero attached hydrogens (tertiary/aromatic N) is 1. The van der Waals surface area contributed by atoms with Crippen molar-refractivity contribution in [3.63, 3.8) is 0 Å². The van der Waals surface area contributed by atoms with Crippen LogP contribution in [0, 0.1) is 6.92 Å². The first-order chi connectivity index (χ1) is 8.16. The predicted octanol–water partition coefficient (Wildman–Crippen LogP) is 2.76. The summed E-state index contributed by atoms with van der Waals surface area (Å²) >= 11 is 1.36. The van der Waals surface area contributed by atoms with Crippen molar-refractivity contribution >= 4 is 22.4 Å². The highest BCUT2D eigenvalue weighted by Gasteiger charge is 2.13. The summed E-state index contributed by atoms with van der Waals surface area (Å²) in [4.78, 5) is 15.6. The number of hydrogen-bond acceptors (Lipinski definition) is 4. The number of anilines is 1. The zero-order chi connectivity index (χ0) is 12.3. The molecule has 0 unspecified atom stereocenters. The number of carbonyl (C=O) groups is 1. The Morgan fingerprint density at radius 1 is 1.41 bits per heavy atom. The molecule has 1 aromatic heterocycles. The lowest BCUT2D eigenvalue weighted by Gasteiger charge is -2.01. The van der Waals surface area contributed by atoms with E-state index in [9.17, 15) is 4.79 Å². The van der Waals surface area contributed by atoms with E-state index in [1.54, 1.807) is 6.92 Å². The van der Waals surface area contributed by atoms with Crippen LogP contribution in [0.2, 0.25) is 0 Å². The fraction of sp³-hybridized carbons (Fsp3) is 0.167. The van der Waals surface area contributed by atoms with Crippen molar-refractivity contribution in [2.45, 2.75) is 13.5 Å². The van der Waals surface area contributed by atoms with Gasteiger partial charge in [0.1, 0.15) is 0 Å². The third-order valence-electron chi connectivity index (χ3n) is 2.29. The maximum atomic E-state index is 10.8. The first kappa shape index (κ1) is 11.6. The topological polar surface area (TPSA) is 62.2 Å². The fourth-order valence-electron chi connectivity index (χ4n) is 1.44. The van der Waals surface area contributed by atoms with Gasteiger partial charge in [0.2, 0.25) is 0 Å². The molecule has 0 saturated heterocycles. The summed E-state index contributed by atoms with van der Waals surface area (Å²) in [6, 6.07) is 9.90. The van der Waals surface area contributed by atoms with Gasteiger partial charge in [0.15, 0.2) is 10.8 Å². The Labute approximate surface area is 103 Å². The molecule has 2 rings (SSSR count). The number of benzene rings is 1. The van der Waals surface area contributed by atoms with Gasteiger partial charge in [-0.1, -0.05) is 30.3 Å². The minimum atomic E-state index is -0.980. The van der Waals surface area contributed by atoms with Crippen molar-refractivity contribution in [1.29, 1.82) is 0 Å². The van der Waals surface area contributed by atoms with Gasteiger partial charge >= 0.3 is 5.97 Å². The van der Waals surface area contributed by atoms with Crippen LogP contribution in [0.15, 0.2) is 30.3 Å². The molecule has 17 heavy (non-hydrogen) atoms. The Morgan fingerprint density at radius 2 is 2.12 bits per heavy atom. The number of carboxylic acid groups (broad SMARTS) is 1. The molecule has 5 heteroatoms. The zero-order valence-corrected chi connectivity index (χ0v) is 10.1. The second-order valence-electron chi connectivity index (χ2n) is 3.57. The summed E-state index contributed by atoms with van der Waals surface area (Å²) in [5.74, 6) is -0.980. The summed E-state index contributed by atoms with van der Waals surface area (Å²) in [5, 5.41) is 12.6. The van der Waals surface area contributed by atoms with Crippen LogP contribution in [-0.4, -0.2) is 16.1 Å². The van der Waals surface area contributed by atoms with Crippen molar-refractivity contribution in [2.24, 2.45) is 0 Å². The van der Waals surface area contributed by atoms with E-state index in [1.165, 1.54) is 11.3 Å². The quantitative estimate of drug-likeness (QED) is 0.873. The van der Waals surface area contributed by atoms with Crippen LogP contribution in [0.25, 0.3) is 0 Å². The number of aromatic nitrogens is 1. The van der Waals surface area contributed by atoms with Crippen molar-refractivity contribution < 1.29 is 9.90 Å². The van der Waals surface area contributed by atoms with Gasteiger partial charge in [0, 0.05) is 11.4 Å². The van der Waals surface area contributed by atoms with E-state index in [2.05, 4.69) is 10.3 Å².